The number of hydrogen-bond acceptors (Lipinski definition) is 6. The van der Waals surface area contributed by atoms with Crippen molar-refractivity contribution in [2.75, 3.05) is 26.1 Å². The molecule has 7 heteroatoms. The predicted octanol–water partition coefficient (Wildman–Crippen LogP) is 3.04. The van der Waals surface area contributed by atoms with Gasteiger partial charge in [0.05, 0.1) is 19.9 Å². The fraction of sp³-hybridized carbons (Fsp3) is 0.300. The summed E-state index contributed by atoms with van der Waals surface area (Å²) in [5, 5.41) is 2.64. The summed E-state index contributed by atoms with van der Waals surface area (Å²) in [6.45, 7) is 1.36. The summed E-state index contributed by atoms with van der Waals surface area (Å²) >= 11 is 0. The summed E-state index contributed by atoms with van der Waals surface area (Å²) in [5.74, 6) is 0.491. The molecule has 0 radical (unpaired) electrons. The molecule has 1 amide bonds. The van der Waals surface area contributed by atoms with Crippen molar-refractivity contribution in [1.82, 2.24) is 0 Å². The molecule has 0 aliphatic carbocycles. The van der Waals surface area contributed by atoms with Crippen molar-refractivity contribution in [3.05, 3.63) is 48.5 Å². The second-order valence-electron chi connectivity index (χ2n) is 5.55. The highest BCUT2D eigenvalue weighted by molar-refractivity contribution is 5.94. The lowest BCUT2D eigenvalue weighted by Gasteiger charge is -2.16. The SMILES string of the molecule is CC[C@@H](Oc1ccccc1)C(=O)OCC(=O)Nc1cc(OC)ccc1OC. The number of amides is 1. The zero-order chi connectivity index (χ0) is 19.6. The molecule has 7 nitrogen and oxygen atoms in total. The number of nitrogens with one attached hydrogen (secondary N) is 1. The molecule has 2 rings (SSSR count). The molecule has 2 aromatic carbocycles. The normalized spacial score (nSPS) is 11.2. The highest BCUT2D eigenvalue weighted by atomic mass is 16.6. The van der Waals surface area contributed by atoms with Gasteiger partial charge in [0.1, 0.15) is 17.2 Å². The quantitative estimate of drug-likeness (QED) is 0.680. The first-order chi connectivity index (χ1) is 13.1. The van der Waals surface area contributed by atoms with Crippen LogP contribution >= 0.6 is 0 Å². The Labute approximate surface area is 158 Å². The lowest BCUT2D eigenvalue weighted by Crippen LogP contribution is -2.31. The van der Waals surface area contributed by atoms with E-state index in [1.165, 1.54) is 14.2 Å². The van der Waals surface area contributed by atoms with E-state index in [0.29, 0.717) is 29.4 Å². The fourth-order valence-corrected chi connectivity index (χ4v) is 2.29. The van der Waals surface area contributed by atoms with Crippen LogP contribution in [0.1, 0.15) is 13.3 Å². The van der Waals surface area contributed by atoms with Crippen LogP contribution in [0.3, 0.4) is 0 Å². The Hall–Kier alpha value is -3.22. The minimum absolute atomic E-state index is 0.416. The maximum atomic E-state index is 12.2. The van der Waals surface area contributed by atoms with Gasteiger partial charge in [0.25, 0.3) is 5.91 Å². The summed E-state index contributed by atoms with van der Waals surface area (Å²) in [5.41, 5.74) is 0.422. The highest BCUT2D eigenvalue weighted by Gasteiger charge is 2.21. The molecule has 0 aromatic heterocycles. The summed E-state index contributed by atoms with van der Waals surface area (Å²) in [4.78, 5) is 24.3. The third-order valence-electron chi connectivity index (χ3n) is 3.68. The molecule has 0 aliphatic heterocycles. The second kappa shape index (κ2) is 10.1. The first kappa shape index (κ1) is 20.1. The van der Waals surface area contributed by atoms with Crippen molar-refractivity contribution in [2.45, 2.75) is 19.4 Å². The molecule has 144 valence electrons. The number of carbonyl (C=O) groups is 2. The smallest absolute Gasteiger partial charge is 0.347 e. The van der Waals surface area contributed by atoms with E-state index in [9.17, 15) is 9.59 Å². The van der Waals surface area contributed by atoms with E-state index in [2.05, 4.69) is 5.32 Å². The van der Waals surface area contributed by atoms with Gasteiger partial charge in [0.15, 0.2) is 12.7 Å². The predicted molar refractivity (Wildman–Crippen MR) is 100 cm³/mol. The summed E-state index contributed by atoms with van der Waals surface area (Å²) < 4.78 is 21.0. The molecule has 0 saturated carbocycles. The monoisotopic (exact) mass is 373 g/mol. The molecular weight excluding hydrogens is 350 g/mol. The van der Waals surface area contributed by atoms with Crippen molar-refractivity contribution in [3.8, 4) is 17.2 Å². The largest absolute Gasteiger partial charge is 0.497 e. The molecule has 2 aromatic rings. The van der Waals surface area contributed by atoms with Crippen LogP contribution < -0.4 is 19.5 Å². The maximum absolute atomic E-state index is 12.2. The van der Waals surface area contributed by atoms with E-state index in [4.69, 9.17) is 18.9 Å². The molecule has 0 heterocycles. The first-order valence-corrected chi connectivity index (χ1v) is 8.47. The third-order valence-corrected chi connectivity index (χ3v) is 3.68. The zero-order valence-electron chi connectivity index (χ0n) is 15.6. The summed E-state index contributed by atoms with van der Waals surface area (Å²) in [7, 11) is 3.01. The number of hydrogen-bond donors (Lipinski definition) is 1. The average molecular weight is 373 g/mol. The Morgan fingerprint density at radius 1 is 1.00 bits per heavy atom. The van der Waals surface area contributed by atoms with Gasteiger partial charge in [-0.25, -0.2) is 4.79 Å². The number of anilines is 1. The minimum atomic E-state index is -0.786. The van der Waals surface area contributed by atoms with Crippen LogP contribution in [0.15, 0.2) is 48.5 Å². The van der Waals surface area contributed by atoms with Gasteiger partial charge in [0.2, 0.25) is 0 Å². The molecule has 1 atom stereocenters. The Morgan fingerprint density at radius 2 is 1.74 bits per heavy atom. The van der Waals surface area contributed by atoms with Crippen molar-refractivity contribution in [2.24, 2.45) is 0 Å². The Morgan fingerprint density at radius 3 is 2.37 bits per heavy atom. The van der Waals surface area contributed by atoms with E-state index in [0.717, 1.165) is 0 Å². The van der Waals surface area contributed by atoms with Crippen LogP contribution in [0, 0.1) is 0 Å². The molecule has 27 heavy (non-hydrogen) atoms. The van der Waals surface area contributed by atoms with Gasteiger partial charge in [-0.15, -0.1) is 0 Å². The molecule has 0 fully saturated rings. The summed E-state index contributed by atoms with van der Waals surface area (Å²) in [6, 6.07) is 14.0. The molecule has 0 bridgehead atoms. The van der Waals surface area contributed by atoms with Gasteiger partial charge in [-0.2, -0.15) is 0 Å². The molecule has 0 saturated heterocycles. The van der Waals surface area contributed by atoms with Crippen LogP contribution in [-0.2, 0) is 14.3 Å². The number of para-hydroxylation sites is 1. The van der Waals surface area contributed by atoms with Gasteiger partial charge < -0.3 is 24.3 Å². The summed E-state index contributed by atoms with van der Waals surface area (Å²) in [6.07, 6.45) is -0.370. The molecule has 1 N–H and O–H groups in total. The van der Waals surface area contributed by atoms with E-state index < -0.39 is 24.6 Å². The molecule has 0 unspecified atom stereocenters. The Kier molecular flexibility index (Phi) is 7.49. The standard InChI is InChI=1S/C20H23NO6/c1-4-17(27-14-8-6-5-7-9-14)20(23)26-13-19(22)21-16-12-15(24-2)10-11-18(16)25-3/h5-12,17H,4,13H2,1-3H3,(H,21,22)/t17-/m1/s1. The fourth-order valence-electron chi connectivity index (χ4n) is 2.29. The van der Waals surface area contributed by atoms with E-state index in [1.807, 2.05) is 18.2 Å². The van der Waals surface area contributed by atoms with Gasteiger partial charge in [-0.1, -0.05) is 25.1 Å². The molecular formula is C20H23NO6. The topological polar surface area (TPSA) is 83.1 Å². The van der Waals surface area contributed by atoms with Crippen molar-refractivity contribution in [3.63, 3.8) is 0 Å². The molecule has 0 spiro atoms. The lowest BCUT2D eigenvalue weighted by atomic mass is 10.2. The van der Waals surface area contributed by atoms with Gasteiger partial charge in [-0.05, 0) is 30.7 Å². The number of rotatable bonds is 9. The number of ether oxygens (including phenoxy) is 4. The number of benzene rings is 2. The van der Waals surface area contributed by atoms with Gasteiger partial charge in [0, 0.05) is 6.07 Å². The Bertz CT molecular complexity index is 762. The van der Waals surface area contributed by atoms with Crippen molar-refractivity contribution in [1.29, 1.82) is 0 Å². The molecule has 0 aliphatic rings. The van der Waals surface area contributed by atoms with E-state index >= 15 is 0 Å². The average Bonchev–Trinajstić information content (AvgIpc) is 2.70. The highest BCUT2D eigenvalue weighted by Crippen LogP contribution is 2.28. The van der Waals surface area contributed by atoms with Crippen molar-refractivity contribution < 1.29 is 28.5 Å². The third kappa shape index (κ3) is 5.91. The van der Waals surface area contributed by atoms with Crippen LogP contribution in [0.2, 0.25) is 0 Å². The Balaban J connectivity index is 1.91. The first-order valence-electron chi connectivity index (χ1n) is 8.47. The lowest BCUT2D eigenvalue weighted by molar-refractivity contribution is -0.154. The van der Waals surface area contributed by atoms with Crippen LogP contribution in [0.4, 0.5) is 5.69 Å². The van der Waals surface area contributed by atoms with Crippen LogP contribution in [-0.4, -0.2) is 38.8 Å². The maximum Gasteiger partial charge on any atom is 0.347 e. The van der Waals surface area contributed by atoms with E-state index in [1.54, 1.807) is 37.3 Å². The van der Waals surface area contributed by atoms with Gasteiger partial charge in [-0.3, -0.25) is 4.79 Å². The van der Waals surface area contributed by atoms with Gasteiger partial charge >= 0.3 is 5.97 Å². The minimum Gasteiger partial charge on any atom is -0.497 e. The number of esters is 1. The van der Waals surface area contributed by atoms with E-state index in [-0.39, 0.29) is 0 Å². The number of methoxy groups -OCH3 is 2. The second-order valence-corrected chi connectivity index (χ2v) is 5.55. The van der Waals surface area contributed by atoms with Crippen LogP contribution in [0.25, 0.3) is 0 Å². The van der Waals surface area contributed by atoms with Crippen molar-refractivity contribution >= 4 is 17.6 Å². The number of carbonyl (C=O) groups excluding carboxylic acids is 2. The zero-order valence-corrected chi connectivity index (χ0v) is 15.6. The van der Waals surface area contributed by atoms with Crippen LogP contribution in [0.5, 0.6) is 17.2 Å².